The molecule has 2 aromatic carbocycles. The number of thiazole rings is 1. The highest BCUT2D eigenvalue weighted by molar-refractivity contribution is 7.14. The summed E-state index contributed by atoms with van der Waals surface area (Å²) in [5, 5.41) is 5.58. The second-order valence-electron chi connectivity index (χ2n) is 6.38. The molecule has 0 saturated heterocycles. The maximum absolute atomic E-state index is 12.5. The molecule has 4 aromatic rings. The number of nitrogens with zero attached hydrogens (tertiary/aromatic N) is 1. The van der Waals surface area contributed by atoms with Crippen LogP contribution in [0.2, 0.25) is 0 Å². The van der Waals surface area contributed by atoms with Gasteiger partial charge in [0.25, 0.3) is 5.91 Å². The average molecular weight is 406 g/mol. The Bertz CT molecular complexity index is 1280. The van der Waals surface area contributed by atoms with Crippen LogP contribution < -0.4 is 20.4 Å². The summed E-state index contributed by atoms with van der Waals surface area (Å²) >= 11 is 1.22. The lowest BCUT2D eigenvalue weighted by Gasteiger charge is -2.25. The average Bonchev–Trinajstić information content (AvgIpc) is 3.21. The Morgan fingerprint density at radius 1 is 1.10 bits per heavy atom. The summed E-state index contributed by atoms with van der Waals surface area (Å²) < 4.78 is 16.6. The van der Waals surface area contributed by atoms with Crippen LogP contribution in [0.1, 0.15) is 0 Å². The Kier molecular flexibility index (Phi) is 4.25. The molecule has 1 aliphatic rings. The molecule has 144 valence electrons. The molecular formula is C21H14N2O5S. The highest BCUT2D eigenvalue weighted by atomic mass is 32.1. The number of carbonyl (C=O) groups excluding carboxylic acids is 1. The van der Waals surface area contributed by atoms with E-state index in [-0.39, 0.29) is 12.5 Å². The summed E-state index contributed by atoms with van der Waals surface area (Å²) in [5.41, 5.74) is 0.815. The van der Waals surface area contributed by atoms with Crippen molar-refractivity contribution in [3.63, 3.8) is 0 Å². The minimum absolute atomic E-state index is 0.106. The zero-order valence-electron chi connectivity index (χ0n) is 15.0. The fourth-order valence-corrected chi connectivity index (χ4v) is 3.74. The maximum Gasteiger partial charge on any atom is 0.345 e. The Balaban J connectivity index is 1.35. The van der Waals surface area contributed by atoms with Crippen LogP contribution in [0, 0.1) is 0 Å². The minimum atomic E-state index is -0.789. The van der Waals surface area contributed by atoms with Gasteiger partial charge in [-0.1, -0.05) is 30.3 Å². The summed E-state index contributed by atoms with van der Waals surface area (Å²) in [7, 11) is 0. The predicted molar refractivity (Wildman–Crippen MR) is 109 cm³/mol. The molecule has 0 unspecified atom stereocenters. The number of nitrogens with one attached hydrogen (secondary N) is 1. The van der Waals surface area contributed by atoms with E-state index in [9.17, 15) is 9.59 Å². The molecule has 5 rings (SSSR count). The molecule has 0 aliphatic carbocycles. The van der Waals surface area contributed by atoms with Gasteiger partial charge in [-0.15, -0.1) is 11.3 Å². The molecule has 2 aromatic heterocycles. The van der Waals surface area contributed by atoms with E-state index in [1.807, 2.05) is 24.3 Å². The Morgan fingerprint density at radius 3 is 2.79 bits per heavy atom. The van der Waals surface area contributed by atoms with Gasteiger partial charge in [-0.25, -0.2) is 9.78 Å². The zero-order chi connectivity index (χ0) is 19.8. The maximum atomic E-state index is 12.5. The van der Waals surface area contributed by atoms with E-state index in [0.29, 0.717) is 33.5 Å². The van der Waals surface area contributed by atoms with Crippen molar-refractivity contribution < 1.29 is 18.7 Å². The summed E-state index contributed by atoms with van der Waals surface area (Å²) in [6, 6.07) is 16.2. The van der Waals surface area contributed by atoms with Crippen LogP contribution >= 0.6 is 11.3 Å². The number of hydrogen-bond donors (Lipinski definition) is 1. The van der Waals surface area contributed by atoms with Crippen molar-refractivity contribution in [1.82, 2.24) is 4.98 Å². The topological polar surface area (TPSA) is 90.7 Å². The van der Waals surface area contributed by atoms with Crippen molar-refractivity contribution in [2.45, 2.75) is 6.10 Å². The Morgan fingerprint density at radius 2 is 1.90 bits per heavy atom. The van der Waals surface area contributed by atoms with Gasteiger partial charge in [0.2, 0.25) is 6.10 Å². The second-order valence-corrected chi connectivity index (χ2v) is 7.23. The predicted octanol–water partition coefficient (Wildman–Crippen LogP) is 3.70. The first-order chi connectivity index (χ1) is 14.2. The minimum Gasteiger partial charge on any atom is -0.485 e. The molecule has 1 atom stereocenters. The summed E-state index contributed by atoms with van der Waals surface area (Å²) in [5.74, 6) is 0.759. The van der Waals surface area contributed by atoms with Crippen molar-refractivity contribution in [2.24, 2.45) is 0 Å². The molecule has 8 heteroatoms. The van der Waals surface area contributed by atoms with Gasteiger partial charge < -0.3 is 13.9 Å². The number of carbonyl (C=O) groups is 1. The van der Waals surface area contributed by atoms with Crippen LogP contribution in [0.25, 0.3) is 22.2 Å². The lowest BCUT2D eigenvalue weighted by Crippen LogP contribution is -2.40. The summed E-state index contributed by atoms with van der Waals surface area (Å²) in [6.07, 6.45) is -0.789. The van der Waals surface area contributed by atoms with Crippen molar-refractivity contribution in [2.75, 3.05) is 11.9 Å². The van der Waals surface area contributed by atoms with Crippen molar-refractivity contribution >= 4 is 33.3 Å². The van der Waals surface area contributed by atoms with E-state index in [1.54, 1.807) is 35.7 Å². The number of amides is 1. The summed E-state index contributed by atoms with van der Waals surface area (Å²) in [4.78, 5) is 29.2. The zero-order valence-corrected chi connectivity index (χ0v) is 15.8. The van der Waals surface area contributed by atoms with E-state index in [2.05, 4.69) is 10.3 Å². The second kappa shape index (κ2) is 7.06. The highest BCUT2D eigenvalue weighted by Crippen LogP contribution is 2.31. The molecule has 1 N–H and O–H groups in total. The van der Waals surface area contributed by atoms with E-state index >= 15 is 0 Å². The van der Waals surface area contributed by atoms with Gasteiger partial charge in [0, 0.05) is 10.8 Å². The van der Waals surface area contributed by atoms with Crippen molar-refractivity contribution in [3.05, 3.63) is 70.4 Å². The molecule has 0 radical (unpaired) electrons. The standard InChI is InChI=1S/C21H14N2O5S/c24-19(18-10-26-16-7-3-4-8-17(16)27-18)23-21-22-14(11-29-21)13-9-12-5-1-2-6-15(12)28-20(13)25/h1-9,11,18H,10H2,(H,22,23,24)/t18-/m0/s1. The molecule has 0 bridgehead atoms. The normalized spacial score (nSPS) is 15.2. The van der Waals surface area contributed by atoms with Crippen molar-refractivity contribution in [3.8, 4) is 22.8 Å². The van der Waals surface area contributed by atoms with E-state index < -0.39 is 11.7 Å². The molecule has 1 amide bonds. The van der Waals surface area contributed by atoms with Gasteiger partial charge in [0.1, 0.15) is 12.2 Å². The van der Waals surface area contributed by atoms with Gasteiger partial charge in [0.05, 0.1) is 11.3 Å². The van der Waals surface area contributed by atoms with E-state index in [0.717, 1.165) is 5.39 Å². The van der Waals surface area contributed by atoms with Gasteiger partial charge in [-0.2, -0.15) is 0 Å². The molecule has 3 heterocycles. The fraction of sp³-hybridized carbons (Fsp3) is 0.0952. The quantitative estimate of drug-likeness (QED) is 0.522. The molecular weight excluding hydrogens is 392 g/mol. The third-order valence-electron chi connectivity index (χ3n) is 4.45. The SMILES string of the molecule is O=C(Nc1nc(-c2cc3ccccc3oc2=O)cs1)[C@@H]1COc2ccccc2O1. The number of fused-ring (bicyclic) bond motifs is 2. The monoisotopic (exact) mass is 406 g/mol. The molecule has 7 nitrogen and oxygen atoms in total. The summed E-state index contributed by atoms with van der Waals surface area (Å²) in [6.45, 7) is 0.106. The number of benzene rings is 2. The van der Waals surface area contributed by atoms with Crippen LogP contribution in [-0.2, 0) is 4.79 Å². The lowest BCUT2D eigenvalue weighted by molar-refractivity contribution is -0.125. The highest BCUT2D eigenvalue weighted by Gasteiger charge is 2.28. The molecule has 1 aliphatic heterocycles. The largest absolute Gasteiger partial charge is 0.485 e. The van der Waals surface area contributed by atoms with Gasteiger partial charge >= 0.3 is 5.63 Å². The van der Waals surface area contributed by atoms with Crippen molar-refractivity contribution in [1.29, 1.82) is 0 Å². The van der Waals surface area contributed by atoms with Gasteiger partial charge in [0.15, 0.2) is 16.6 Å². The fourth-order valence-electron chi connectivity index (χ4n) is 3.03. The molecule has 0 fully saturated rings. The lowest BCUT2D eigenvalue weighted by atomic mass is 10.1. The Labute approximate surface area is 168 Å². The van der Waals surface area contributed by atoms with Crippen LogP contribution in [0.4, 0.5) is 5.13 Å². The first-order valence-electron chi connectivity index (χ1n) is 8.85. The number of rotatable bonds is 3. The number of hydrogen-bond acceptors (Lipinski definition) is 7. The molecule has 0 saturated carbocycles. The van der Waals surface area contributed by atoms with E-state index in [4.69, 9.17) is 13.9 Å². The third kappa shape index (κ3) is 3.34. The molecule has 29 heavy (non-hydrogen) atoms. The Hall–Kier alpha value is -3.65. The van der Waals surface area contributed by atoms with Crippen LogP contribution in [0.3, 0.4) is 0 Å². The number of para-hydroxylation sites is 3. The number of anilines is 1. The third-order valence-corrected chi connectivity index (χ3v) is 5.21. The molecule has 0 spiro atoms. The first kappa shape index (κ1) is 17.4. The van der Waals surface area contributed by atoms with Crippen LogP contribution in [-0.4, -0.2) is 23.6 Å². The van der Waals surface area contributed by atoms with Crippen LogP contribution in [0.5, 0.6) is 11.5 Å². The number of ether oxygens (including phenoxy) is 2. The number of aromatic nitrogens is 1. The van der Waals surface area contributed by atoms with Crippen LogP contribution in [0.15, 0.2) is 69.2 Å². The van der Waals surface area contributed by atoms with Gasteiger partial charge in [-0.05, 0) is 24.3 Å². The van der Waals surface area contributed by atoms with Gasteiger partial charge in [-0.3, -0.25) is 10.1 Å². The first-order valence-corrected chi connectivity index (χ1v) is 9.73. The van der Waals surface area contributed by atoms with E-state index in [1.165, 1.54) is 11.3 Å². The smallest absolute Gasteiger partial charge is 0.345 e.